The Morgan fingerprint density at radius 3 is 2.58 bits per heavy atom. The van der Waals surface area contributed by atoms with Gasteiger partial charge in [0.2, 0.25) is 0 Å². The zero-order chi connectivity index (χ0) is 13.8. The fourth-order valence-corrected chi connectivity index (χ4v) is 2.54. The third kappa shape index (κ3) is 4.49. The molecule has 0 bridgehead atoms. The van der Waals surface area contributed by atoms with Crippen LogP contribution < -0.4 is 4.74 Å². The molecule has 0 amide bonds. The van der Waals surface area contributed by atoms with Crippen molar-refractivity contribution in [1.82, 2.24) is 4.90 Å². The van der Waals surface area contributed by atoms with Crippen LogP contribution in [0.2, 0.25) is 0 Å². The molecule has 106 valence electrons. The van der Waals surface area contributed by atoms with E-state index in [2.05, 4.69) is 11.0 Å². The fraction of sp³-hybridized carbons (Fsp3) is 0.600. The van der Waals surface area contributed by atoms with E-state index >= 15 is 0 Å². The molecule has 0 radical (unpaired) electrons. The number of ether oxygens (including phenoxy) is 1. The molecule has 4 heteroatoms. The summed E-state index contributed by atoms with van der Waals surface area (Å²) in [7, 11) is 0. The average Bonchev–Trinajstić information content (AvgIpc) is 2.71. The van der Waals surface area contributed by atoms with Crippen molar-refractivity contribution in [2.45, 2.75) is 32.5 Å². The summed E-state index contributed by atoms with van der Waals surface area (Å²) in [5, 5.41) is 19.4. The zero-order valence-electron chi connectivity index (χ0n) is 11.7. The summed E-state index contributed by atoms with van der Waals surface area (Å²) in [6.45, 7) is 6.41. The van der Waals surface area contributed by atoms with Gasteiger partial charge in [-0.05, 0) is 43.5 Å². The molecule has 2 atom stereocenters. The maximum Gasteiger partial charge on any atom is 0.119 e. The zero-order valence-corrected chi connectivity index (χ0v) is 11.7. The van der Waals surface area contributed by atoms with Gasteiger partial charge < -0.3 is 14.9 Å². The molecule has 4 nitrogen and oxygen atoms in total. The standard InChI is InChI=1S/C15H23NO3/c1-11-5-12(2)7-15(6-11)19-10-14(18)9-16-4-3-13(17)8-16/h5-7,13-14,17-18H,3-4,8-10H2,1-2H3. The third-order valence-corrected chi connectivity index (χ3v) is 3.35. The largest absolute Gasteiger partial charge is 0.491 e. The van der Waals surface area contributed by atoms with Crippen LogP contribution in [0.5, 0.6) is 5.75 Å². The molecular formula is C15H23NO3. The number of hydrogen-bond acceptors (Lipinski definition) is 4. The van der Waals surface area contributed by atoms with Crippen LogP contribution in [-0.4, -0.2) is 53.6 Å². The molecule has 1 aromatic carbocycles. The van der Waals surface area contributed by atoms with Crippen LogP contribution in [0.25, 0.3) is 0 Å². The lowest BCUT2D eigenvalue weighted by Gasteiger charge is -2.20. The average molecular weight is 265 g/mol. The molecule has 1 heterocycles. The van der Waals surface area contributed by atoms with Gasteiger partial charge in [0.15, 0.2) is 0 Å². The van der Waals surface area contributed by atoms with Gasteiger partial charge in [-0.15, -0.1) is 0 Å². The smallest absolute Gasteiger partial charge is 0.119 e. The molecule has 1 aromatic rings. The van der Waals surface area contributed by atoms with Crippen LogP contribution in [-0.2, 0) is 0 Å². The number of nitrogens with zero attached hydrogens (tertiary/aromatic N) is 1. The SMILES string of the molecule is Cc1cc(C)cc(OCC(O)CN2CCC(O)C2)c1. The predicted molar refractivity (Wildman–Crippen MR) is 74.5 cm³/mol. The highest BCUT2D eigenvalue weighted by atomic mass is 16.5. The first-order valence-electron chi connectivity index (χ1n) is 6.82. The van der Waals surface area contributed by atoms with Crippen LogP contribution in [0.1, 0.15) is 17.5 Å². The highest BCUT2D eigenvalue weighted by Crippen LogP contribution is 2.16. The van der Waals surface area contributed by atoms with E-state index in [0.29, 0.717) is 13.1 Å². The van der Waals surface area contributed by atoms with Crippen molar-refractivity contribution in [3.8, 4) is 5.75 Å². The van der Waals surface area contributed by atoms with Crippen LogP contribution in [0.3, 0.4) is 0 Å². The van der Waals surface area contributed by atoms with Crippen molar-refractivity contribution in [3.63, 3.8) is 0 Å². The van der Waals surface area contributed by atoms with Gasteiger partial charge in [-0.25, -0.2) is 0 Å². The van der Waals surface area contributed by atoms with E-state index in [9.17, 15) is 10.2 Å². The van der Waals surface area contributed by atoms with Gasteiger partial charge >= 0.3 is 0 Å². The number of β-amino-alcohol motifs (C(OH)–C–C–N with tert-alkyl or cyclic N) is 2. The summed E-state index contributed by atoms with van der Waals surface area (Å²) in [5.41, 5.74) is 2.32. The summed E-state index contributed by atoms with van der Waals surface area (Å²) in [6.07, 6.45) is 0.0312. The molecule has 0 aliphatic carbocycles. The van der Waals surface area contributed by atoms with E-state index in [1.54, 1.807) is 0 Å². The van der Waals surface area contributed by atoms with Crippen LogP contribution in [0, 0.1) is 13.8 Å². The molecule has 2 N–H and O–H groups in total. The number of likely N-dealkylation sites (tertiary alicyclic amines) is 1. The van der Waals surface area contributed by atoms with E-state index in [0.717, 1.165) is 29.8 Å². The van der Waals surface area contributed by atoms with Crippen LogP contribution in [0.15, 0.2) is 18.2 Å². The first kappa shape index (κ1) is 14.3. The van der Waals surface area contributed by atoms with E-state index in [4.69, 9.17) is 4.74 Å². The molecule has 1 fully saturated rings. The number of rotatable bonds is 5. The lowest BCUT2D eigenvalue weighted by Crippen LogP contribution is -2.34. The normalized spacial score (nSPS) is 21.6. The molecule has 1 aliphatic rings. The van der Waals surface area contributed by atoms with Crippen LogP contribution in [0.4, 0.5) is 0 Å². The van der Waals surface area contributed by atoms with Gasteiger partial charge in [-0.2, -0.15) is 0 Å². The Balaban J connectivity index is 1.78. The predicted octanol–water partition coefficient (Wildman–Crippen LogP) is 1.11. The number of aliphatic hydroxyl groups is 2. The minimum atomic E-state index is -0.522. The fourth-order valence-electron chi connectivity index (χ4n) is 2.54. The van der Waals surface area contributed by atoms with Crippen molar-refractivity contribution < 1.29 is 14.9 Å². The lowest BCUT2D eigenvalue weighted by atomic mass is 10.1. The molecule has 0 aromatic heterocycles. The van der Waals surface area contributed by atoms with Crippen LogP contribution >= 0.6 is 0 Å². The summed E-state index contributed by atoms with van der Waals surface area (Å²) in [4.78, 5) is 2.07. The van der Waals surface area contributed by atoms with Crippen molar-refractivity contribution in [1.29, 1.82) is 0 Å². The summed E-state index contributed by atoms with van der Waals surface area (Å²) >= 11 is 0. The van der Waals surface area contributed by atoms with Crippen molar-refractivity contribution in [2.24, 2.45) is 0 Å². The Kier molecular flexibility index (Phi) is 4.80. The second-order valence-electron chi connectivity index (χ2n) is 5.49. The Labute approximate surface area is 114 Å². The summed E-state index contributed by atoms with van der Waals surface area (Å²) in [5.74, 6) is 0.804. The molecule has 0 spiro atoms. The Morgan fingerprint density at radius 1 is 1.32 bits per heavy atom. The third-order valence-electron chi connectivity index (χ3n) is 3.35. The first-order chi connectivity index (χ1) is 9.02. The molecule has 1 aliphatic heterocycles. The van der Waals surface area contributed by atoms with Gasteiger partial charge in [0.25, 0.3) is 0 Å². The first-order valence-corrected chi connectivity index (χ1v) is 6.82. The maximum absolute atomic E-state index is 9.95. The molecule has 2 rings (SSSR count). The second-order valence-corrected chi connectivity index (χ2v) is 5.49. The number of aliphatic hydroxyl groups excluding tert-OH is 2. The number of hydrogen-bond donors (Lipinski definition) is 2. The van der Waals surface area contributed by atoms with Gasteiger partial charge in [-0.3, -0.25) is 4.90 Å². The van der Waals surface area contributed by atoms with Gasteiger partial charge in [0.05, 0.1) is 6.10 Å². The quantitative estimate of drug-likeness (QED) is 0.837. The minimum absolute atomic E-state index is 0.243. The van der Waals surface area contributed by atoms with Crippen molar-refractivity contribution >= 4 is 0 Å². The van der Waals surface area contributed by atoms with Crippen molar-refractivity contribution in [3.05, 3.63) is 29.3 Å². The highest BCUT2D eigenvalue weighted by molar-refractivity contribution is 5.32. The number of benzene rings is 1. The molecule has 0 saturated carbocycles. The summed E-state index contributed by atoms with van der Waals surface area (Å²) in [6, 6.07) is 6.04. The highest BCUT2D eigenvalue weighted by Gasteiger charge is 2.22. The second kappa shape index (κ2) is 6.37. The maximum atomic E-state index is 9.95. The van der Waals surface area contributed by atoms with E-state index < -0.39 is 6.10 Å². The van der Waals surface area contributed by atoms with Crippen molar-refractivity contribution in [2.75, 3.05) is 26.2 Å². The summed E-state index contributed by atoms with van der Waals surface area (Å²) < 4.78 is 5.63. The van der Waals surface area contributed by atoms with Gasteiger partial charge in [0, 0.05) is 19.6 Å². The Morgan fingerprint density at radius 2 is 2.00 bits per heavy atom. The van der Waals surface area contributed by atoms with E-state index in [-0.39, 0.29) is 12.7 Å². The molecule has 2 unspecified atom stereocenters. The number of aryl methyl sites for hydroxylation is 2. The molecule has 19 heavy (non-hydrogen) atoms. The molecule has 1 saturated heterocycles. The van der Waals surface area contributed by atoms with Gasteiger partial charge in [-0.1, -0.05) is 6.07 Å². The molecular weight excluding hydrogens is 242 g/mol. The topological polar surface area (TPSA) is 52.9 Å². The Bertz CT molecular complexity index is 402. The van der Waals surface area contributed by atoms with Gasteiger partial charge in [0.1, 0.15) is 18.5 Å². The van der Waals surface area contributed by atoms with E-state index in [1.165, 1.54) is 0 Å². The monoisotopic (exact) mass is 265 g/mol. The lowest BCUT2D eigenvalue weighted by molar-refractivity contribution is 0.0707. The Hall–Kier alpha value is -1.10. The minimum Gasteiger partial charge on any atom is -0.491 e. The van der Waals surface area contributed by atoms with E-state index in [1.807, 2.05) is 26.0 Å².